The summed E-state index contributed by atoms with van der Waals surface area (Å²) in [5, 5.41) is 5.27. The van der Waals surface area contributed by atoms with Crippen LogP contribution in [0.1, 0.15) is 17.3 Å². The van der Waals surface area contributed by atoms with Gasteiger partial charge in [-0.2, -0.15) is 5.10 Å². The number of methoxy groups -OCH3 is 1. The molecule has 2 heterocycles. The molecular weight excluding hydrogens is 252 g/mol. The lowest BCUT2D eigenvalue weighted by atomic mass is 10.0. The maximum Gasteiger partial charge on any atom is 0.161 e. The van der Waals surface area contributed by atoms with Crippen LogP contribution in [0.3, 0.4) is 0 Å². The van der Waals surface area contributed by atoms with Crippen LogP contribution in [0.15, 0.2) is 42.7 Å². The minimum absolute atomic E-state index is 0.290. The van der Waals surface area contributed by atoms with Crippen LogP contribution in [0.5, 0.6) is 5.75 Å². The van der Waals surface area contributed by atoms with Crippen LogP contribution in [-0.4, -0.2) is 21.9 Å². The number of aromatic nitrogens is 3. The van der Waals surface area contributed by atoms with E-state index in [-0.39, 0.29) is 6.04 Å². The first-order valence-electron chi connectivity index (χ1n) is 6.37. The van der Waals surface area contributed by atoms with Crippen LogP contribution in [0.25, 0.3) is 10.9 Å². The molecule has 5 nitrogen and oxygen atoms in total. The predicted molar refractivity (Wildman–Crippen MR) is 77.5 cm³/mol. The normalized spacial score (nSPS) is 12.6. The summed E-state index contributed by atoms with van der Waals surface area (Å²) in [6, 6.07) is 9.68. The van der Waals surface area contributed by atoms with Crippen molar-refractivity contribution in [2.45, 2.75) is 6.04 Å². The van der Waals surface area contributed by atoms with E-state index < -0.39 is 0 Å². The third-order valence-electron chi connectivity index (χ3n) is 3.45. The topological polar surface area (TPSA) is 66.0 Å². The third kappa shape index (κ3) is 2.02. The molecule has 1 atom stereocenters. The maximum absolute atomic E-state index is 6.37. The van der Waals surface area contributed by atoms with Crippen molar-refractivity contribution in [3.63, 3.8) is 0 Å². The van der Waals surface area contributed by atoms with Crippen molar-refractivity contribution in [3.8, 4) is 5.75 Å². The van der Waals surface area contributed by atoms with Gasteiger partial charge in [0.1, 0.15) is 5.69 Å². The molecule has 2 aromatic heterocycles. The molecule has 0 radical (unpaired) electrons. The molecule has 0 saturated carbocycles. The van der Waals surface area contributed by atoms with Gasteiger partial charge in [-0.15, -0.1) is 0 Å². The van der Waals surface area contributed by atoms with Gasteiger partial charge < -0.3 is 10.5 Å². The Balaban J connectivity index is 2.07. The number of ether oxygens (including phenoxy) is 1. The van der Waals surface area contributed by atoms with Crippen molar-refractivity contribution in [3.05, 3.63) is 54.0 Å². The van der Waals surface area contributed by atoms with E-state index in [1.165, 1.54) is 0 Å². The van der Waals surface area contributed by atoms with Crippen LogP contribution in [-0.2, 0) is 7.05 Å². The fourth-order valence-electron chi connectivity index (χ4n) is 2.38. The van der Waals surface area contributed by atoms with Crippen molar-refractivity contribution in [2.24, 2.45) is 12.8 Å². The van der Waals surface area contributed by atoms with E-state index in [0.717, 1.165) is 22.2 Å². The largest absolute Gasteiger partial charge is 0.493 e. The predicted octanol–water partition coefficient (Wildman–Crippen LogP) is 2.02. The Kier molecular flexibility index (Phi) is 3.12. The molecule has 1 unspecified atom stereocenters. The van der Waals surface area contributed by atoms with Crippen LogP contribution in [0, 0.1) is 0 Å². The number of benzene rings is 1. The third-order valence-corrected chi connectivity index (χ3v) is 3.45. The van der Waals surface area contributed by atoms with E-state index in [1.54, 1.807) is 24.2 Å². The highest BCUT2D eigenvalue weighted by Crippen LogP contribution is 2.28. The van der Waals surface area contributed by atoms with Crippen molar-refractivity contribution in [1.82, 2.24) is 14.8 Å². The lowest BCUT2D eigenvalue weighted by molar-refractivity contribution is 0.406. The molecule has 0 aliphatic heterocycles. The number of nitrogens with two attached hydrogens (primary N) is 1. The number of fused-ring (bicyclic) bond motifs is 1. The van der Waals surface area contributed by atoms with Gasteiger partial charge in [-0.25, -0.2) is 0 Å². The molecule has 0 amide bonds. The summed E-state index contributed by atoms with van der Waals surface area (Å²) in [6.45, 7) is 0. The highest BCUT2D eigenvalue weighted by Gasteiger charge is 2.19. The molecule has 3 aromatic rings. The van der Waals surface area contributed by atoms with Gasteiger partial charge in [-0.3, -0.25) is 9.67 Å². The summed E-state index contributed by atoms with van der Waals surface area (Å²) in [7, 11) is 3.48. The lowest BCUT2D eigenvalue weighted by Gasteiger charge is -2.15. The number of rotatable bonds is 3. The maximum atomic E-state index is 6.37. The van der Waals surface area contributed by atoms with Gasteiger partial charge in [0.25, 0.3) is 0 Å². The zero-order valence-corrected chi connectivity index (χ0v) is 11.4. The highest BCUT2D eigenvalue weighted by atomic mass is 16.5. The first-order valence-corrected chi connectivity index (χ1v) is 6.37. The molecule has 0 aliphatic carbocycles. The van der Waals surface area contributed by atoms with Gasteiger partial charge in [0.2, 0.25) is 0 Å². The first kappa shape index (κ1) is 12.6. The molecule has 1 aromatic carbocycles. The van der Waals surface area contributed by atoms with E-state index >= 15 is 0 Å². The molecule has 2 N–H and O–H groups in total. The van der Waals surface area contributed by atoms with Crippen molar-refractivity contribution >= 4 is 10.9 Å². The molecule has 20 heavy (non-hydrogen) atoms. The summed E-state index contributed by atoms with van der Waals surface area (Å²) in [6.07, 6.45) is 3.46. The molecular formula is C15H16N4O. The second kappa shape index (κ2) is 4.94. The van der Waals surface area contributed by atoms with E-state index in [4.69, 9.17) is 10.5 Å². The molecule has 3 rings (SSSR count). The Labute approximate surface area is 117 Å². The monoisotopic (exact) mass is 268 g/mol. The molecule has 0 bridgehead atoms. The van der Waals surface area contributed by atoms with Gasteiger partial charge in [0.15, 0.2) is 5.75 Å². The summed E-state index contributed by atoms with van der Waals surface area (Å²) in [4.78, 5) is 4.31. The van der Waals surface area contributed by atoms with Gasteiger partial charge in [-0.1, -0.05) is 12.1 Å². The van der Waals surface area contributed by atoms with Gasteiger partial charge in [0, 0.05) is 18.6 Å². The van der Waals surface area contributed by atoms with Crippen molar-refractivity contribution in [2.75, 3.05) is 7.11 Å². The van der Waals surface area contributed by atoms with Crippen LogP contribution in [0.2, 0.25) is 0 Å². The number of hydrogen-bond donors (Lipinski definition) is 1. The Morgan fingerprint density at radius 1 is 1.30 bits per heavy atom. The molecule has 0 aliphatic rings. The molecule has 0 fully saturated rings. The fraction of sp³-hybridized carbons (Fsp3) is 0.200. The molecule has 5 heteroatoms. The number of nitrogens with zero attached hydrogens (tertiary/aromatic N) is 3. The first-order chi connectivity index (χ1) is 9.70. The average molecular weight is 268 g/mol. The van der Waals surface area contributed by atoms with E-state index in [2.05, 4.69) is 16.1 Å². The standard InChI is InChI=1S/C15H16N4O/c1-19-15(13(20-2)9-18-19)14(16)11-5-6-12-10(8-11)4-3-7-17-12/h3-9,14H,16H2,1-2H3. The summed E-state index contributed by atoms with van der Waals surface area (Å²) in [5.41, 5.74) is 9.19. The second-order valence-electron chi connectivity index (χ2n) is 4.66. The minimum Gasteiger partial charge on any atom is -0.493 e. The molecule has 0 spiro atoms. The fourth-order valence-corrected chi connectivity index (χ4v) is 2.38. The summed E-state index contributed by atoms with van der Waals surface area (Å²) in [5.74, 6) is 0.700. The van der Waals surface area contributed by atoms with Gasteiger partial charge in [0.05, 0.1) is 24.9 Å². The van der Waals surface area contributed by atoms with E-state index in [9.17, 15) is 0 Å². The zero-order valence-electron chi connectivity index (χ0n) is 11.4. The lowest BCUT2D eigenvalue weighted by Crippen LogP contribution is -2.16. The Morgan fingerprint density at radius 2 is 2.15 bits per heavy atom. The minimum atomic E-state index is -0.290. The smallest absolute Gasteiger partial charge is 0.161 e. The Bertz CT molecular complexity index is 750. The number of hydrogen-bond acceptors (Lipinski definition) is 4. The number of aryl methyl sites for hydroxylation is 1. The van der Waals surface area contributed by atoms with Crippen molar-refractivity contribution in [1.29, 1.82) is 0 Å². The zero-order chi connectivity index (χ0) is 14.1. The summed E-state index contributed by atoms with van der Waals surface area (Å²) < 4.78 is 7.07. The Hall–Kier alpha value is -2.40. The molecule has 0 saturated heterocycles. The molecule has 102 valence electrons. The van der Waals surface area contributed by atoms with Crippen LogP contribution in [0.4, 0.5) is 0 Å². The highest BCUT2D eigenvalue weighted by molar-refractivity contribution is 5.79. The van der Waals surface area contributed by atoms with E-state index in [1.807, 2.05) is 31.3 Å². The van der Waals surface area contributed by atoms with Crippen LogP contribution < -0.4 is 10.5 Å². The van der Waals surface area contributed by atoms with E-state index in [0.29, 0.717) is 5.75 Å². The van der Waals surface area contributed by atoms with Crippen LogP contribution >= 0.6 is 0 Å². The average Bonchev–Trinajstić information content (AvgIpc) is 2.87. The summed E-state index contributed by atoms with van der Waals surface area (Å²) >= 11 is 0. The van der Waals surface area contributed by atoms with Gasteiger partial charge >= 0.3 is 0 Å². The van der Waals surface area contributed by atoms with Crippen molar-refractivity contribution < 1.29 is 4.74 Å². The van der Waals surface area contributed by atoms with Gasteiger partial charge in [-0.05, 0) is 23.8 Å². The Morgan fingerprint density at radius 3 is 2.95 bits per heavy atom. The SMILES string of the molecule is COc1cnn(C)c1C(N)c1ccc2ncccc2c1. The number of pyridine rings is 1. The quantitative estimate of drug-likeness (QED) is 0.789. The second-order valence-corrected chi connectivity index (χ2v) is 4.66.